The number of fused-ring (bicyclic) bond motifs is 1. The van der Waals surface area contributed by atoms with E-state index >= 15 is 0 Å². The minimum absolute atomic E-state index is 0.326. The Morgan fingerprint density at radius 3 is 3.36 bits per heavy atom. The van der Waals surface area contributed by atoms with Gasteiger partial charge in [-0.3, -0.25) is 4.99 Å². The maximum Gasteiger partial charge on any atom is 0.0784 e. The fourth-order valence-corrected chi connectivity index (χ4v) is 1.35. The summed E-state index contributed by atoms with van der Waals surface area (Å²) in [7, 11) is 0. The van der Waals surface area contributed by atoms with Gasteiger partial charge in [0.05, 0.1) is 6.04 Å². The molecule has 0 bridgehead atoms. The molecule has 0 spiro atoms. The lowest BCUT2D eigenvalue weighted by Gasteiger charge is -2.18. The molecule has 0 saturated heterocycles. The Kier molecular flexibility index (Phi) is 1.39. The van der Waals surface area contributed by atoms with E-state index in [1.807, 2.05) is 24.4 Å². The van der Waals surface area contributed by atoms with Crippen molar-refractivity contribution in [1.29, 1.82) is 0 Å². The summed E-state index contributed by atoms with van der Waals surface area (Å²) in [6, 6.07) is 0.326. The number of dihydropyridines is 1. The lowest BCUT2D eigenvalue weighted by molar-refractivity contribution is 0.785. The average Bonchev–Trinajstić information content (AvgIpc) is 2.04. The van der Waals surface area contributed by atoms with Gasteiger partial charge < -0.3 is 5.73 Å². The van der Waals surface area contributed by atoms with E-state index in [1.54, 1.807) is 0 Å². The van der Waals surface area contributed by atoms with E-state index in [9.17, 15) is 0 Å². The highest BCUT2D eigenvalue weighted by Crippen LogP contribution is 2.21. The summed E-state index contributed by atoms with van der Waals surface area (Å²) in [5.41, 5.74) is 7.73. The highest BCUT2D eigenvalue weighted by Gasteiger charge is 2.14. The normalized spacial score (nSPS) is 27.5. The number of rotatable bonds is 0. The zero-order valence-corrected chi connectivity index (χ0v) is 6.20. The first-order valence-corrected chi connectivity index (χ1v) is 3.73. The minimum atomic E-state index is 0.326. The van der Waals surface area contributed by atoms with E-state index < -0.39 is 0 Å². The first-order chi connectivity index (χ1) is 5.36. The molecule has 2 nitrogen and oxygen atoms in total. The first-order valence-electron chi connectivity index (χ1n) is 3.73. The van der Waals surface area contributed by atoms with Gasteiger partial charge in [0.25, 0.3) is 0 Å². The van der Waals surface area contributed by atoms with Crippen molar-refractivity contribution < 1.29 is 0 Å². The van der Waals surface area contributed by atoms with Crippen LogP contribution in [-0.2, 0) is 0 Å². The molecule has 2 rings (SSSR count). The van der Waals surface area contributed by atoms with Gasteiger partial charge in [-0.25, -0.2) is 0 Å². The number of aliphatic imine (C=N–C) groups is 1. The average molecular weight is 146 g/mol. The van der Waals surface area contributed by atoms with Crippen LogP contribution in [-0.4, -0.2) is 12.3 Å². The Balaban J connectivity index is 2.33. The summed E-state index contributed by atoms with van der Waals surface area (Å²) in [5.74, 6) is 0. The molecule has 1 aliphatic heterocycles. The topological polar surface area (TPSA) is 38.4 Å². The van der Waals surface area contributed by atoms with Gasteiger partial charge in [0.1, 0.15) is 0 Å². The largest absolute Gasteiger partial charge is 0.399 e. The fourth-order valence-electron chi connectivity index (χ4n) is 1.35. The highest BCUT2D eigenvalue weighted by molar-refractivity contribution is 5.74. The smallest absolute Gasteiger partial charge is 0.0784 e. The summed E-state index contributed by atoms with van der Waals surface area (Å²) in [4.78, 5) is 4.31. The third-order valence-corrected chi connectivity index (χ3v) is 1.94. The Hall–Kier alpha value is -1.31. The molecule has 1 atom stereocenters. The van der Waals surface area contributed by atoms with Crippen LogP contribution in [0.2, 0.25) is 0 Å². The SMILES string of the molecule is NC1=CCC2N=CC=CC2=C1. The molecule has 0 aromatic rings. The Bertz CT molecular complexity index is 282. The molecule has 1 aliphatic carbocycles. The maximum absolute atomic E-state index is 5.64. The molecule has 1 heterocycles. The predicted molar refractivity (Wildman–Crippen MR) is 46.4 cm³/mol. The molecule has 0 aromatic heterocycles. The van der Waals surface area contributed by atoms with Gasteiger partial charge in [-0.2, -0.15) is 0 Å². The van der Waals surface area contributed by atoms with Gasteiger partial charge in [0.2, 0.25) is 0 Å². The van der Waals surface area contributed by atoms with E-state index in [0.29, 0.717) is 6.04 Å². The van der Waals surface area contributed by atoms with E-state index in [4.69, 9.17) is 5.73 Å². The van der Waals surface area contributed by atoms with Crippen molar-refractivity contribution in [1.82, 2.24) is 0 Å². The van der Waals surface area contributed by atoms with Gasteiger partial charge in [0.15, 0.2) is 0 Å². The Labute approximate surface area is 65.8 Å². The quantitative estimate of drug-likeness (QED) is 0.547. The van der Waals surface area contributed by atoms with Crippen molar-refractivity contribution in [2.45, 2.75) is 12.5 Å². The lowest BCUT2D eigenvalue weighted by Crippen LogP contribution is -2.14. The highest BCUT2D eigenvalue weighted by atomic mass is 14.8. The van der Waals surface area contributed by atoms with Gasteiger partial charge >= 0.3 is 0 Å². The number of allylic oxidation sites excluding steroid dienone is 2. The van der Waals surface area contributed by atoms with Crippen LogP contribution in [0.15, 0.2) is 40.6 Å². The molecule has 2 N–H and O–H groups in total. The molecule has 0 fully saturated rings. The zero-order chi connectivity index (χ0) is 7.68. The standard InChI is InChI=1S/C9H10N2/c10-8-3-4-9-7(6-8)2-1-5-11-9/h1-3,5-6,9H,4,10H2. The third kappa shape index (κ3) is 1.11. The number of hydrogen-bond acceptors (Lipinski definition) is 2. The van der Waals surface area contributed by atoms with Crippen LogP contribution in [0.25, 0.3) is 0 Å². The minimum Gasteiger partial charge on any atom is -0.399 e. The lowest BCUT2D eigenvalue weighted by atomic mass is 9.96. The second kappa shape index (κ2) is 2.38. The molecule has 1 unspecified atom stereocenters. The second-order valence-electron chi connectivity index (χ2n) is 2.76. The van der Waals surface area contributed by atoms with E-state index in [2.05, 4.69) is 11.1 Å². The monoisotopic (exact) mass is 146 g/mol. The van der Waals surface area contributed by atoms with Crippen LogP contribution >= 0.6 is 0 Å². The first kappa shape index (κ1) is 6.40. The molecule has 11 heavy (non-hydrogen) atoms. The molecule has 2 heteroatoms. The van der Waals surface area contributed by atoms with Crippen LogP contribution in [0.4, 0.5) is 0 Å². The van der Waals surface area contributed by atoms with Crippen LogP contribution in [0.5, 0.6) is 0 Å². The predicted octanol–water partition coefficient (Wildman–Crippen LogP) is 1.17. The molecule has 2 aliphatic rings. The van der Waals surface area contributed by atoms with Crippen molar-refractivity contribution in [3.8, 4) is 0 Å². The molecular formula is C9H10N2. The summed E-state index contributed by atoms with van der Waals surface area (Å²) < 4.78 is 0. The fraction of sp³-hybridized carbons (Fsp3) is 0.222. The van der Waals surface area contributed by atoms with Crippen molar-refractivity contribution in [3.63, 3.8) is 0 Å². The number of nitrogens with two attached hydrogens (primary N) is 1. The number of hydrogen-bond donors (Lipinski definition) is 1. The Morgan fingerprint density at radius 2 is 2.45 bits per heavy atom. The van der Waals surface area contributed by atoms with E-state index in [1.165, 1.54) is 5.57 Å². The van der Waals surface area contributed by atoms with Crippen molar-refractivity contribution in [2.24, 2.45) is 10.7 Å². The van der Waals surface area contributed by atoms with E-state index in [0.717, 1.165) is 12.1 Å². The second-order valence-corrected chi connectivity index (χ2v) is 2.76. The van der Waals surface area contributed by atoms with E-state index in [-0.39, 0.29) is 0 Å². The van der Waals surface area contributed by atoms with Crippen LogP contribution in [0.1, 0.15) is 6.42 Å². The number of nitrogens with zero attached hydrogens (tertiary/aromatic N) is 1. The summed E-state index contributed by atoms with van der Waals surface area (Å²) in [5, 5.41) is 0. The molecule has 56 valence electrons. The summed E-state index contributed by atoms with van der Waals surface area (Å²) in [6.45, 7) is 0. The molecular weight excluding hydrogens is 136 g/mol. The Morgan fingerprint density at radius 1 is 1.55 bits per heavy atom. The zero-order valence-electron chi connectivity index (χ0n) is 6.20. The van der Waals surface area contributed by atoms with Gasteiger partial charge in [0, 0.05) is 11.9 Å². The van der Waals surface area contributed by atoms with Gasteiger partial charge in [-0.1, -0.05) is 12.2 Å². The van der Waals surface area contributed by atoms with Crippen molar-refractivity contribution in [2.75, 3.05) is 0 Å². The molecule has 0 radical (unpaired) electrons. The summed E-state index contributed by atoms with van der Waals surface area (Å²) >= 11 is 0. The van der Waals surface area contributed by atoms with Gasteiger partial charge in [-0.05, 0) is 24.1 Å². The van der Waals surface area contributed by atoms with Crippen molar-refractivity contribution >= 4 is 6.21 Å². The van der Waals surface area contributed by atoms with Gasteiger partial charge in [-0.15, -0.1) is 0 Å². The third-order valence-electron chi connectivity index (χ3n) is 1.94. The van der Waals surface area contributed by atoms with Crippen molar-refractivity contribution in [3.05, 3.63) is 35.6 Å². The summed E-state index contributed by atoms with van der Waals surface area (Å²) in [6.07, 6.45) is 10.8. The maximum atomic E-state index is 5.64. The van der Waals surface area contributed by atoms with Crippen LogP contribution < -0.4 is 5.73 Å². The van der Waals surface area contributed by atoms with Crippen LogP contribution in [0.3, 0.4) is 0 Å². The molecule has 0 amide bonds. The molecule has 0 saturated carbocycles. The van der Waals surface area contributed by atoms with Crippen LogP contribution in [0, 0.1) is 0 Å². The molecule has 0 aromatic carbocycles.